The zero-order valence-corrected chi connectivity index (χ0v) is 14.9. The Morgan fingerprint density at radius 1 is 1.07 bits per heavy atom. The van der Waals surface area contributed by atoms with E-state index in [0.717, 1.165) is 22.0 Å². The number of hydrogen-bond donors (Lipinski definition) is 1. The SMILES string of the molecule is COc1ccccc1-c1c(C#N)c(-c2c[nH]c3ccccc23)nc2ncnn12. The summed E-state index contributed by atoms with van der Waals surface area (Å²) in [4.78, 5) is 12.2. The molecule has 0 radical (unpaired) electrons. The van der Waals surface area contributed by atoms with Crippen molar-refractivity contribution >= 4 is 16.7 Å². The van der Waals surface area contributed by atoms with Crippen molar-refractivity contribution in [2.75, 3.05) is 7.11 Å². The first-order valence-corrected chi connectivity index (χ1v) is 8.65. The van der Waals surface area contributed by atoms with Gasteiger partial charge in [0.25, 0.3) is 5.78 Å². The fraction of sp³-hybridized carbons (Fsp3) is 0.0476. The zero-order valence-electron chi connectivity index (χ0n) is 14.9. The largest absolute Gasteiger partial charge is 0.496 e. The summed E-state index contributed by atoms with van der Waals surface area (Å²) in [5.74, 6) is 1.06. The number of methoxy groups -OCH3 is 1. The lowest BCUT2D eigenvalue weighted by Gasteiger charge is -2.13. The van der Waals surface area contributed by atoms with Gasteiger partial charge in [-0.2, -0.15) is 19.9 Å². The molecule has 0 aliphatic rings. The lowest BCUT2D eigenvalue weighted by molar-refractivity contribution is 0.416. The van der Waals surface area contributed by atoms with Crippen LogP contribution < -0.4 is 4.74 Å². The molecule has 5 aromatic rings. The molecule has 2 aromatic carbocycles. The Morgan fingerprint density at radius 3 is 2.75 bits per heavy atom. The number of benzene rings is 2. The smallest absolute Gasteiger partial charge is 0.253 e. The van der Waals surface area contributed by atoms with Crippen LogP contribution in [0.5, 0.6) is 5.75 Å². The number of para-hydroxylation sites is 2. The predicted octanol–water partition coefficient (Wildman–Crippen LogP) is 3.82. The summed E-state index contributed by atoms with van der Waals surface area (Å²) in [7, 11) is 1.60. The molecular formula is C21H14N6O. The third-order valence-electron chi connectivity index (χ3n) is 4.75. The van der Waals surface area contributed by atoms with Crippen molar-refractivity contribution in [2.24, 2.45) is 0 Å². The molecule has 0 saturated heterocycles. The van der Waals surface area contributed by atoms with Crippen molar-refractivity contribution < 1.29 is 4.74 Å². The maximum atomic E-state index is 10.1. The van der Waals surface area contributed by atoms with Crippen LogP contribution in [0.1, 0.15) is 5.56 Å². The van der Waals surface area contributed by atoms with E-state index in [9.17, 15) is 5.26 Å². The summed E-state index contributed by atoms with van der Waals surface area (Å²) in [6.07, 6.45) is 3.30. The number of nitrogens with one attached hydrogen (secondary N) is 1. The highest BCUT2D eigenvalue weighted by Crippen LogP contribution is 2.37. The van der Waals surface area contributed by atoms with Crippen molar-refractivity contribution in [3.63, 3.8) is 0 Å². The van der Waals surface area contributed by atoms with E-state index < -0.39 is 0 Å². The van der Waals surface area contributed by atoms with Crippen LogP contribution in [0, 0.1) is 11.3 Å². The molecule has 0 bridgehead atoms. The lowest BCUT2D eigenvalue weighted by atomic mass is 10.00. The first kappa shape index (κ1) is 16.0. The van der Waals surface area contributed by atoms with E-state index in [4.69, 9.17) is 4.74 Å². The lowest BCUT2D eigenvalue weighted by Crippen LogP contribution is -2.04. The van der Waals surface area contributed by atoms with Crippen LogP contribution in [0.25, 0.3) is 39.2 Å². The van der Waals surface area contributed by atoms with Gasteiger partial charge in [0, 0.05) is 28.2 Å². The van der Waals surface area contributed by atoms with Crippen molar-refractivity contribution in [3.05, 3.63) is 66.6 Å². The van der Waals surface area contributed by atoms with E-state index in [2.05, 4.69) is 26.1 Å². The number of nitriles is 1. The second kappa shape index (κ2) is 6.21. The molecule has 7 heteroatoms. The van der Waals surface area contributed by atoms with Crippen molar-refractivity contribution in [3.8, 4) is 34.3 Å². The summed E-state index contributed by atoms with van der Waals surface area (Å²) in [6.45, 7) is 0. The fourth-order valence-electron chi connectivity index (χ4n) is 3.50. The van der Waals surface area contributed by atoms with Gasteiger partial charge in [-0.3, -0.25) is 0 Å². The zero-order chi connectivity index (χ0) is 19.1. The predicted molar refractivity (Wildman–Crippen MR) is 105 cm³/mol. The minimum Gasteiger partial charge on any atom is -0.496 e. The van der Waals surface area contributed by atoms with Gasteiger partial charge in [0.2, 0.25) is 0 Å². The standard InChI is InChI=1S/C21H14N6O/c1-28-18-9-5-3-7-14(18)20-15(10-22)19(26-21-24-12-25-27(20)21)16-11-23-17-8-4-2-6-13(16)17/h2-9,11-12,23H,1H3. The van der Waals surface area contributed by atoms with E-state index in [1.807, 2.05) is 54.7 Å². The molecule has 1 N–H and O–H groups in total. The van der Waals surface area contributed by atoms with Crippen LogP contribution in [-0.4, -0.2) is 31.7 Å². The van der Waals surface area contributed by atoms with Crippen LogP contribution >= 0.6 is 0 Å². The van der Waals surface area contributed by atoms with E-state index in [1.165, 1.54) is 6.33 Å². The van der Waals surface area contributed by atoms with Gasteiger partial charge in [-0.1, -0.05) is 30.3 Å². The van der Waals surface area contributed by atoms with Crippen LogP contribution in [0.3, 0.4) is 0 Å². The molecular weight excluding hydrogens is 352 g/mol. The Labute approximate surface area is 159 Å². The number of hydrogen-bond acceptors (Lipinski definition) is 5. The topological polar surface area (TPSA) is 91.9 Å². The van der Waals surface area contributed by atoms with Gasteiger partial charge in [0.05, 0.1) is 18.5 Å². The number of aromatic nitrogens is 5. The molecule has 28 heavy (non-hydrogen) atoms. The van der Waals surface area contributed by atoms with Gasteiger partial charge in [-0.15, -0.1) is 0 Å². The van der Waals surface area contributed by atoms with E-state index >= 15 is 0 Å². The molecule has 0 amide bonds. The molecule has 134 valence electrons. The highest BCUT2D eigenvalue weighted by molar-refractivity contribution is 5.97. The van der Waals surface area contributed by atoms with E-state index in [0.29, 0.717) is 28.5 Å². The van der Waals surface area contributed by atoms with Crippen molar-refractivity contribution in [1.29, 1.82) is 5.26 Å². The van der Waals surface area contributed by atoms with Gasteiger partial charge in [0.15, 0.2) is 0 Å². The number of ether oxygens (including phenoxy) is 1. The molecule has 0 atom stereocenters. The van der Waals surface area contributed by atoms with Gasteiger partial charge < -0.3 is 9.72 Å². The third kappa shape index (κ3) is 2.25. The highest BCUT2D eigenvalue weighted by atomic mass is 16.5. The molecule has 5 rings (SSSR count). The number of rotatable bonds is 3. The fourth-order valence-corrected chi connectivity index (χ4v) is 3.50. The van der Waals surface area contributed by atoms with Gasteiger partial charge in [-0.25, -0.2) is 4.98 Å². The summed E-state index contributed by atoms with van der Waals surface area (Å²) < 4.78 is 7.11. The minimum atomic E-state index is 0.409. The van der Waals surface area contributed by atoms with E-state index in [-0.39, 0.29) is 0 Å². The minimum absolute atomic E-state index is 0.409. The van der Waals surface area contributed by atoms with Crippen molar-refractivity contribution in [2.45, 2.75) is 0 Å². The quantitative estimate of drug-likeness (QED) is 0.524. The number of aromatic amines is 1. The molecule has 0 aliphatic heterocycles. The summed E-state index contributed by atoms with van der Waals surface area (Å²) in [6, 6.07) is 17.8. The average molecular weight is 366 g/mol. The monoisotopic (exact) mass is 366 g/mol. The normalized spacial score (nSPS) is 11.0. The van der Waals surface area contributed by atoms with Crippen LogP contribution in [0.2, 0.25) is 0 Å². The molecule has 0 aliphatic carbocycles. The number of nitrogens with zero attached hydrogens (tertiary/aromatic N) is 5. The van der Waals surface area contributed by atoms with Crippen LogP contribution in [0.4, 0.5) is 0 Å². The summed E-state index contributed by atoms with van der Waals surface area (Å²) in [5, 5.41) is 15.4. The maximum Gasteiger partial charge on any atom is 0.253 e. The van der Waals surface area contributed by atoms with Gasteiger partial charge in [0.1, 0.15) is 23.7 Å². The second-order valence-electron chi connectivity index (χ2n) is 6.22. The summed E-state index contributed by atoms with van der Waals surface area (Å²) >= 11 is 0. The number of H-pyrrole nitrogens is 1. The molecule has 7 nitrogen and oxygen atoms in total. The van der Waals surface area contributed by atoms with Gasteiger partial charge in [-0.05, 0) is 18.2 Å². The molecule has 0 fully saturated rings. The maximum absolute atomic E-state index is 10.1. The highest BCUT2D eigenvalue weighted by Gasteiger charge is 2.23. The third-order valence-corrected chi connectivity index (χ3v) is 4.75. The molecule has 0 saturated carbocycles. The first-order chi connectivity index (χ1) is 13.8. The average Bonchev–Trinajstić information content (AvgIpc) is 3.39. The molecule has 3 aromatic heterocycles. The summed E-state index contributed by atoms with van der Waals surface area (Å²) in [5.41, 5.74) is 4.13. The Hall–Kier alpha value is -4.18. The van der Waals surface area contributed by atoms with Gasteiger partial charge >= 0.3 is 0 Å². The van der Waals surface area contributed by atoms with Crippen molar-refractivity contribution in [1.82, 2.24) is 24.6 Å². The van der Waals surface area contributed by atoms with E-state index in [1.54, 1.807) is 11.6 Å². The van der Waals surface area contributed by atoms with Crippen LogP contribution in [0.15, 0.2) is 61.1 Å². The Kier molecular flexibility index (Phi) is 3.56. The number of fused-ring (bicyclic) bond motifs is 2. The Balaban J connectivity index is 1.92. The molecule has 3 heterocycles. The molecule has 0 spiro atoms. The second-order valence-corrected chi connectivity index (χ2v) is 6.22. The Bertz CT molecular complexity index is 1370. The Morgan fingerprint density at radius 2 is 1.89 bits per heavy atom. The molecule has 0 unspecified atom stereocenters. The van der Waals surface area contributed by atoms with Crippen LogP contribution in [-0.2, 0) is 0 Å². The first-order valence-electron chi connectivity index (χ1n) is 8.65.